The van der Waals surface area contributed by atoms with Crippen molar-refractivity contribution in [2.24, 2.45) is 0 Å². The first-order valence-electron chi connectivity index (χ1n) is 9.73. The van der Waals surface area contributed by atoms with Gasteiger partial charge < -0.3 is 10.2 Å². The third-order valence-corrected chi connectivity index (χ3v) is 6.38. The molecule has 5 rings (SSSR count). The molecule has 2 aliphatic rings. The number of hydrogen-bond donors (Lipinski definition) is 2. The lowest BCUT2D eigenvalue weighted by Crippen LogP contribution is -2.37. The molecule has 2 amide bonds. The number of H-pyrrole nitrogens is 1. The minimum atomic E-state index is -0.138. The van der Waals surface area contributed by atoms with Crippen molar-refractivity contribution in [3.05, 3.63) is 68.9 Å². The number of aromatic amines is 1. The summed E-state index contributed by atoms with van der Waals surface area (Å²) >= 11 is 1.47. The Balaban J connectivity index is 1.25. The van der Waals surface area contributed by atoms with Crippen LogP contribution < -0.4 is 5.32 Å². The van der Waals surface area contributed by atoms with Crippen LogP contribution in [0.15, 0.2) is 35.7 Å². The van der Waals surface area contributed by atoms with Gasteiger partial charge in [0.05, 0.1) is 17.2 Å². The molecule has 8 heteroatoms. The number of hydrogen-bond acceptors (Lipinski definition) is 5. The van der Waals surface area contributed by atoms with E-state index >= 15 is 0 Å². The van der Waals surface area contributed by atoms with E-state index in [-0.39, 0.29) is 17.9 Å². The average molecular weight is 407 g/mol. The summed E-state index contributed by atoms with van der Waals surface area (Å²) in [6.45, 7) is 2.86. The van der Waals surface area contributed by atoms with Gasteiger partial charge in [-0.15, -0.1) is 11.3 Å². The molecule has 1 aromatic carbocycles. The number of carbonyl (C=O) groups is 2. The van der Waals surface area contributed by atoms with Crippen LogP contribution in [0.2, 0.25) is 0 Å². The van der Waals surface area contributed by atoms with E-state index in [2.05, 4.69) is 32.6 Å². The first kappa shape index (κ1) is 18.1. The monoisotopic (exact) mass is 407 g/mol. The van der Waals surface area contributed by atoms with E-state index in [9.17, 15) is 9.59 Å². The maximum absolute atomic E-state index is 12.8. The summed E-state index contributed by atoms with van der Waals surface area (Å²) in [4.78, 5) is 31.4. The van der Waals surface area contributed by atoms with Crippen LogP contribution in [0.3, 0.4) is 0 Å². The van der Waals surface area contributed by atoms with Crippen LogP contribution in [0, 0.1) is 6.92 Å². The Hall–Kier alpha value is -3.00. The van der Waals surface area contributed by atoms with E-state index < -0.39 is 0 Å². The summed E-state index contributed by atoms with van der Waals surface area (Å²) in [6, 6.07) is 10.4. The van der Waals surface area contributed by atoms with Gasteiger partial charge in [-0.05, 0) is 25.3 Å². The summed E-state index contributed by atoms with van der Waals surface area (Å²) in [5.41, 5.74) is 3.94. The maximum atomic E-state index is 12.8. The van der Waals surface area contributed by atoms with E-state index in [0.717, 1.165) is 22.7 Å². The van der Waals surface area contributed by atoms with Gasteiger partial charge in [-0.25, -0.2) is 4.98 Å². The molecule has 2 atom stereocenters. The first-order chi connectivity index (χ1) is 14.1. The number of amides is 2. The van der Waals surface area contributed by atoms with Crippen molar-refractivity contribution in [1.82, 2.24) is 25.4 Å². The van der Waals surface area contributed by atoms with Crippen molar-refractivity contribution in [2.75, 3.05) is 6.54 Å². The highest BCUT2D eigenvalue weighted by Crippen LogP contribution is 2.40. The lowest BCUT2D eigenvalue weighted by atomic mass is 10.0. The minimum absolute atomic E-state index is 0.0794. The van der Waals surface area contributed by atoms with Crippen molar-refractivity contribution >= 4 is 23.2 Å². The number of fused-ring (bicyclic) bond motifs is 1. The molecule has 3 aromatic rings. The van der Waals surface area contributed by atoms with Gasteiger partial charge in [-0.3, -0.25) is 14.7 Å². The third kappa shape index (κ3) is 3.44. The third-order valence-electron chi connectivity index (χ3n) is 5.61. The van der Waals surface area contributed by atoms with Gasteiger partial charge in [0, 0.05) is 29.4 Å². The van der Waals surface area contributed by atoms with Crippen LogP contribution >= 0.6 is 11.3 Å². The van der Waals surface area contributed by atoms with Crippen molar-refractivity contribution in [3.63, 3.8) is 0 Å². The zero-order valence-electron chi connectivity index (χ0n) is 16.0. The Morgan fingerprint density at radius 3 is 2.86 bits per heavy atom. The molecular formula is C21H21N5O2S. The molecule has 7 nitrogen and oxygen atoms in total. The number of benzene rings is 1. The number of carbonyl (C=O) groups excluding carboxylic acids is 2. The Kier molecular flexibility index (Phi) is 4.43. The van der Waals surface area contributed by atoms with E-state index in [1.54, 1.807) is 10.3 Å². The molecule has 1 saturated carbocycles. The number of aryl methyl sites for hydroxylation is 1. The predicted octanol–water partition coefficient (Wildman–Crippen LogP) is 2.66. The molecule has 0 saturated heterocycles. The standard InChI is InChI=1S/C21H21N5O2S/c1-12-22-18(11-29-12)21(28)26-8-7-14-17(10-26)24-25-19(14)20(27)23-16-9-15(16)13-5-3-2-4-6-13/h2-6,11,15-16H,7-10H2,1H3,(H,23,27)(H,24,25)/t15-,16+/m0/s1. The zero-order chi connectivity index (χ0) is 20.0. The highest BCUT2D eigenvalue weighted by Gasteiger charge is 2.40. The molecule has 2 N–H and O–H groups in total. The Morgan fingerprint density at radius 1 is 1.28 bits per heavy atom. The summed E-state index contributed by atoms with van der Waals surface area (Å²) in [5, 5.41) is 13.0. The highest BCUT2D eigenvalue weighted by molar-refractivity contribution is 7.09. The van der Waals surface area contributed by atoms with E-state index in [4.69, 9.17) is 0 Å². The van der Waals surface area contributed by atoms with Crippen LogP contribution in [0.4, 0.5) is 0 Å². The Morgan fingerprint density at radius 2 is 2.10 bits per heavy atom. The summed E-state index contributed by atoms with van der Waals surface area (Å²) < 4.78 is 0. The number of nitrogens with one attached hydrogen (secondary N) is 2. The molecule has 0 bridgehead atoms. The fraction of sp³-hybridized carbons (Fsp3) is 0.333. The Labute approximate surface area is 172 Å². The second-order valence-corrected chi connectivity index (χ2v) is 8.65. The molecule has 3 heterocycles. The van der Waals surface area contributed by atoms with Crippen LogP contribution in [0.1, 0.15) is 55.1 Å². The molecule has 1 fully saturated rings. The normalized spacial score (nSPS) is 20.2. The second kappa shape index (κ2) is 7.11. The van der Waals surface area contributed by atoms with Crippen LogP contribution in [0.25, 0.3) is 0 Å². The van der Waals surface area contributed by atoms with Gasteiger partial charge in [0.15, 0.2) is 5.69 Å². The van der Waals surface area contributed by atoms with Gasteiger partial charge in [0.25, 0.3) is 11.8 Å². The molecular weight excluding hydrogens is 386 g/mol. The minimum Gasteiger partial charge on any atom is -0.347 e. The number of nitrogens with zero attached hydrogens (tertiary/aromatic N) is 3. The number of rotatable bonds is 4. The lowest BCUT2D eigenvalue weighted by molar-refractivity contribution is 0.0727. The van der Waals surface area contributed by atoms with Crippen molar-refractivity contribution in [1.29, 1.82) is 0 Å². The van der Waals surface area contributed by atoms with Crippen molar-refractivity contribution in [3.8, 4) is 0 Å². The number of thiazole rings is 1. The molecule has 0 unspecified atom stereocenters. The van der Waals surface area contributed by atoms with E-state index in [1.165, 1.54) is 16.9 Å². The number of aromatic nitrogens is 3. The van der Waals surface area contributed by atoms with Gasteiger partial charge in [0.2, 0.25) is 0 Å². The maximum Gasteiger partial charge on any atom is 0.273 e. The van der Waals surface area contributed by atoms with Crippen LogP contribution in [-0.4, -0.2) is 44.5 Å². The van der Waals surface area contributed by atoms with Gasteiger partial charge >= 0.3 is 0 Å². The molecule has 2 aromatic heterocycles. The molecule has 0 spiro atoms. The molecule has 148 valence electrons. The summed E-state index contributed by atoms with van der Waals surface area (Å²) in [7, 11) is 0. The van der Waals surface area contributed by atoms with Gasteiger partial charge in [-0.2, -0.15) is 5.10 Å². The van der Waals surface area contributed by atoms with Crippen molar-refractivity contribution in [2.45, 2.75) is 38.3 Å². The SMILES string of the molecule is Cc1nc(C(=O)N2CCc3c(C(=O)N[C@@H]4C[C@H]4c4ccccc4)n[nH]c3C2)cs1. The zero-order valence-corrected chi connectivity index (χ0v) is 16.8. The summed E-state index contributed by atoms with van der Waals surface area (Å²) in [5.74, 6) is 0.162. The quantitative estimate of drug-likeness (QED) is 0.696. The van der Waals surface area contributed by atoms with E-state index in [0.29, 0.717) is 36.8 Å². The van der Waals surface area contributed by atoms with Gasteiger partial charge in [-0.1, -0.05) is 30.3 Å². The fourth-order valence-electron chi connectivity index (χ4n) is 3.96. The molecule has 1 aliphatic carbocycles. The summed E-state index contributed by atoms with van der Waals surface area (Å²) in [6.07, 6.45) is 1.56. The van der Waals surface area contributed by atoms with Crippen LogP contribution in [-0.2, 0) is 13.0 Å². The average Bonchev–Trinajstić information content (AvgIpc) is 3.16. The first-order valence-corrected chi connectivity index (χ1v) is 10.6. The largest absolute Gasteiger partial charge is 0.347 e. The van der Waals surface area contributed by atoms with E-state index in [1.807, 2.05) is 25.1 Å². The topological polar surface area (TPSA) is 91.0 Å². The molecule has 29 heavy (non-hydrogen) atoms. The van der Waals surface area contributed by atoms with Gasteiger partial charge in [0.1, 0.15) is 5.69 Å². The molecule has 0 radical (unpaired) electrons. The smallest absolute Gasteiger partial charge is 0.273 e. The van der Waals surface area contributed by atoms with Crippen molar-refractivity contribution < 1.29 is 9.59 Å². The lowest BCUT2D eigenvalue weighted by Gasteiger charge is -2.26. The molecule has 1 aliphatic heterocycles. The van der Waals surface area contributed by atoms with Crippen LogP contribution in [0.5, 0.6) is 0 Å². The highest BCUT2D eigenvalue weighted by atomic mass is 32.1. The fourth-order valence-corrected chi connectivity index (χ4v) is 4.55. The predicted molar refractivity (Wildman–Crippen MR) is 109 cm³/mol. The second-order valence-electron chi connectivity index (χ2n) is 7.59. The Bertz CT molecular complexity index is 1070.